The molecule has 1 saturated heterocycles. The second kappa shape index (κ2) is 8.45. The van der Waals surface area contributed by atoms with E-state index in [4.69, 9.17) is 0 Å². The van der Waals surface area contributed by atoms with Crippen molar-refractivity contribution >= 4 is 16.9 Å². The molecule has 0 aliphatic carbocycles. The molecule has 5 rings (SSSR count). The van der Waals surface area contributed by atoms with Gasteiger partial charge in [-0.25, -0.2) is 18.4 Å². The van der Waals surface area contributed by atoms with Crippen molar-refractivity contribution in [3.05, 3.63) is 88.6 Å². The molecule has 1 aliphatic heterocycles. The first-order valence-corrected chi connectivity index (χ1v) is 10.8. The van der Waals surface area contributed by atoms with Gasteiger partial charge in [0.05, 0.1) is 29.6 Å². The van der Waals surface area contributed by atoms with Gasteiger partial charge in [0.15, 0.2) is 5.65 Å². The minimum Gasteiger partial charge on any atom is -0.388 e. The van der Waals surface area contributed by atoms with E-state index >= 15 is 0 Å². The van der Waals surface area contributed by atoms with Crippen LogP contribution in [0.1, 0.15) is 23.2 Å². The van der Waals surface area contributed by atoms with Crippen molar-refractivity contribution in [1.82, 2.24) is 24.2 Å². The zero-order valence-corrected chi connectivity index (χ0v) is 18.1. The molecule has 1 N–H and O–H groups in total. The number of aromatic nitrogens is 4. The van der Waals surface area contributed by atoms with E-state index in [0.29, 0.717) is 17.1 Å². The first-order chi connectivity index (χ1) is 16.3. The highest BCUT2D eigenvalue weighted by Crippen LogP contribution is 2.26. The molecule has 0 saturated carbocycles. The average Bonchev–Trinajstić information content (AvgIpc) is 3.26. The predicted octanol–water partition coefficient (Wildman–Crippen LogP) is 2.53. The van der Waals surface area contributed by atoms with Crippen LogP contribution in [0.5, 0.6) is 0 Å². The minimum atomic E-state index is -1.24. The van der Waals surface area contributed by atoms with Gasteiger partial charge in [-0.3, -0.25) is 14.2 Å². The molecule has 3 heterocycles. The standard InChI is InChI=1S/C24H21F2N5O3/c25-16-6-7-18(20(26)12-16)22(32)29-10-8-24(34,9-11-29)14-30-15-27-21-19(23(30)33)13-28-31(21)17-4-2-1-3-5-17/h1-7,12-13,15,34H,8-11,14H2. The smallest absolute Gasteiger partial charge is 0.264 e. The van der Waals surface area contributed by atoms with Gasteiger partial charge in [-0.15, -0.1) is 0 Å². The van der Waals surface area contributed by atoms with Crippen LogP contribution < -0.4 is 5.56 Å². The summed E-state index contributed by atoms with van der Waals surface area (Å²) in [6.45, 7) is 0.337. The number of benzene rings is 2. The Morgan fingerprint density at radius 2 is 1.82 bits per heavy atom. The minimum absolute atomic E-state index is 0.00176. The molecule has 2 aromatic heterocycles. The molecule has 34 heavy (non-hydrogen) atoms. The highest BCUT2D eigenvalue weighted by molar-refractivity contribution is 5.94. The number of amides is 1. The number of rotatable bonds is 4. The van der Waals surface area contributed by atoms with Gasteiger partial charge >= 0.3 is 0 Å². The summed E-state index contributed by atoms with van der Waals surface area (Å²) in [5, 5.41) is 15.7. The Morgan fingerprint density at radius 3 is 2.53 bits per heavy atom. The van der Waals surface area contributed by atoms with Gasteiger partial charge in [-0.2, -0.15) is 5.10 Å². The maximum Gasteiger partial charge on any atom is 0.264 e. The lowest BCUT2D eigenvalue weighted by Crippen LogP contribution is -2.49. The number of hydrogen-bond donors (Lipinski definition) is 1. The first-order valence-electron chi connectivity index (χ1n) is 10.8. The summed E-state index contributed by atoms with van der Waals surface area (Å²) in [5.74, 6) is -2.24. The fourth-order valence-electron chi connectivity index (χ4n) is 4.25. The number of nitrogens with zero attached hydrogens (tertiary/aromatic N) is 5. The van der Waals surface area contributed by atoms with Crippen LogP contribution in [-0.4, -0.2) is 53.9 Å². The lowest BCUT2D eigenvalue weighted by Gasteiger charge is -2.38. The van der Waals surface area contributed by atoms with E-state index in [2.05, 4.69) is 10.1 Å². The zero-order chi connectivity index (χ0) is 23.9. The maximum atomic E-state index is 14.0. The number of fused-ring (bicyclic) bond motifs is 1. The van der Waals surface area contributed by atoms with Crippen LogP contribution in [0, 0.1) is 11.6 Å². The van der Waals surface area contributed by atoms with E-state index in [1.165, 1.54) is 22.0 Å². The summed E-state index contributed by atoms with van der Waals surface area (Å²) >= 11 is 0. The van der Waals surface area contributed by atoms with Crippen LogP contribution in [0.3, 0.4) is 0 Å². The summed E-state index contributed by atoms with van der Waals surface area (Å²) in [5.41, 5.74) is -0.593. The average molecular weight is 465 g/mol. The quantitative estimate of drug-likeness (QED) is 0.500. The summed E-state index contributed by atoms with van der Waals surface area (Å²) < 4.78 is 30.1. The lowest BCUT2D eigenvalue weighted by atomic mass is 9.91. The van der Waals surface area contributed by atoms with Crippen molar-refractivity contribution in [3.63, 3.8) is 0 Å². The van der Waals surface area contributed by atoms with Crippen molar-refractivity contribution in [2.24, 2.45) is 0 Å². The van der Waals surface area contributed by atoms with Gasteiger partial charge in [0.2, 0.25) is 0 Å². The fourth-order valence-corrected chi connectivity index (χ4v) is 4.25. The van der Waals surface area contributed by atoms with Crippen molar-refractivity contribution < 1.29 is 18.7 Å². The third kappa shape index (κ3) is 3.96. The molecule has 1 aliphatic rings. The van der Waals surface area contributed by atoms with E-state index < -0.39 is 23.1 Å². The largest absolute Gasteiger partial charge is 0.388 e. The van der Waals surface area contributed by atoms with Crippen LogP contribution >= 0.6 is 0 Å². The Kier molecular flexibility index (Phi) is 5.45. The summed E-state index contributed by atoms with van der Waals surface area (Å²) in [7, 11) is 0. The number of likely N-dealkylation sites (tertiary alicyclic amines) is 1. The van der Waals surface area contributed by atoms with Crippen LogP contribution in [0.4, 0.5) is 8.78 Å². The Balaban J connectivity index is 1.32. The monoisotopic (exact) mass is 465 g/mol. The summed E-state index contributed by atoms with van der Waals surface area (Å²) in [4.78, 5) is 31.5. The Bertz CT molecular complexity index is 1430. The molecule has 10 heteroatoms. The SMILES string of the molecule is O=C(c1ccc(F)cc1F)N1CCC(O)(Cn2cnc3c(cnn3-c3ccccc3)c2=O)CC1. The van der Waals surface area contributed by atoms with E-state index in [9.17, 15) is 23.5 Å². The van der Waals surface area contributed by atoms with Crippen molar-refractivity contribution in [3.8, 4) is 5.69 Å². The number of carbonyl (C=O) groups is 1. The van der Waals surface area contributed by atoms with Gasteiger partial charge in [0.25, 0.3) is 11.5 Å². The summed E-state index contributed by atoms with van der Waals surface area (Å²) in [6, 6.07) is 12.1. The van der Waals surface area contributed by atoms with Crippen LogP contribution in [0.2, 0.25) is 0 Å². The molecule has 1 fully saturated rings. The molecule has 0 unspecified atom stereocenters. The number of piperidine rings is 1. The number of carbonyl (C=O) groups excluding carboxylic acids is 1. The molecule has 0 radical (unpaired) electrons. The highest BCUT2D eigenvalue weighted by Gasteiger charge is 2.35. The molecule has 2 aromatic carbocycles. The highest BCUT2D eigenvalue weighted by atomic mass is 19.1. The lowest BCUT2D eigenvalue weighted by molar-refractivity contribution is -0.0300. The number of halogens is 2. The molecule has 1 amide bonds. The molecule has 4 aromatic rings. The predicted molar refractivity (Wildman–Crippen MR) is 120 cm³/mol. The van der Waals surface area contributed by atoms with E-state index in [0.717, 1.165) is 17.8 Å². The van der Waals surface area contributed by atoms with Crippen LogP contribution in [0.15, 0.2) is 65.8 Å². The molecule has 0 atom stereocenters. The van der Waals surface area contributed by atoms with Gasteiger partial charge in [0.1, 0.15) is 23.3 Å². The molecule has 0 spiro atoms. The number of hydrogen-bond acceptors (Lipinski definition) is 5. The number of para-hydroxylation sites is 1. The normalized spacial score (nSPS) is 15.6. The molecule has 174 valence electrons. The van der Waals surface area contributed by atoms with E-state index in [1.807, 2.05) is 30.3 Å². The first kappa shape index (κ1) is 21.9. The molecule has 8 nitrogen and oxygen atoms in total. The molecular weight excluding hydrogens is 444 g/mol. The van der Waals surface area contributed by atoms with Crippen molar-refractivity contribution in [2.75, 3.05) is 13.1 Å². The van der Waals surface area contributed by atoms with Crippen LogP contribution in [0.25, 0.3) is 16.7 Å². The van der Waals surface area contributed by atoms with Crippen molar-refractivity contribution in [2.45, 2.75) is 25.0 Å². The van der Waals surface area contributed by atoms with Gasteiger partial charge < -0.3 is 10.0 Å². The van der Waals surface area contributed by atoms with Gasteiger partial charge in [0, 0.05) is 19.2 Å². The fraction of sp³-hybridized carbons (Fsp3) is 0.250. The van der Waals surface area contributed by atoms with Gasteiger partial charge in [-0.1, -0.05) is 18.2 Å². The van der Waals surface area contributed by atoms with Crippen LogP contribution in [-0.2, 0) is 6.54 Å². The topological polar surface area (TPSA) is 93.2 Å². The maximum absolute atomic E-state index is 14.0. The third-order valence-electron chi connectivity index (χ3n) is 6.16. The second-order valence-corrected chi connectivity index (χ2v) is 8.45. The zero-order valence-electron chi connectivity index (χ0n) is 18.1. The van der Waals surface area contributed by atoms with E-state index in [1.54, 1.807) is 4.68 Å². The second-order valence-electron chi connectivity index (χ2n) is 8.45. The summed E-state index contributed by atoms with van der Waals surface area (Å²) in [6.07, 6.45) is 3.22. The molecule has 0 bridgehead atoms. The number of aliphatic hydroxyl groups is 1. The Labute approximate surface area is 192 Å². The van der Waals surface area contributed by atoms with Crippen molar-refractivity contribution in [1.29, 1.82) is 0 Å². The molecular formula is C24H21F2N5O3. The Hall–Kier alpha value is -3.92. The Morgan fingerprint density at radius 1 is 1.09 bits per heavy atom. The van der Waals surface area contributed by atoms with E-state index in [-0.39, 0.29) is 43.6 Å². The van der Waals surface area contributed by atoms with Gasteiger partial charge in [-0.05, 0) is 37.1 Å². The third-order valence-corrected chi connectivity index (χ3v) is 6.16.